The van der Waals surface area contributed by atoms with Gasteiger partial charge in [0, 0.05) is 35.4 Å². The van der Waals surface area contributed by atoms with E-state index in [4.69, 9.17) is 4.74 Å². The lowest BCUT2D eigenvalue weighted by molar-refractivity contribution is -0.117. The van der Waals surface area contributed by atoms with E-state index >= 15 is 0 Å². The molecule has 0 spiro atoms. The minimum atomic E-state index is -0.560. The van der Waals surface area contributed by atoms with E-state index in [2.05, 4.69) is 31.8 Å². The molecule has 0 heterocycles. The van der Waals surface area contributed by atoms with Gasteiger partial charge in [0.2, 0.25) is 0 Å². The highest BCUT2D eigenvalue weighted by Gasteiger charge is 2.14. The molecule has 0 fully saturated rings. The van der Waals surface area contributed by atoms with Crippen molar-refractivity contribution in [1.29, 1.82) is 0 Å². The normalized spacial score (nSPS) is 11.3. The zero-order chi connectivity index (χ0) is 25.2. The van der Waals surface area contributed by atoms with Crippen LogP contribution in [-0.4, -0.2) is 38.7 Å². The maximum atomic E-state index is 13.0. The van der Waals surface area contributed by atoms with Gasteiger partial charge in [-0.2, -0.15) is 5.10 Å². The Balaban J connectivity index is 1.84. The van der Waals surface area contributed by atoms with Crippen molar-refractivity contribution in [1.82, 2.24) is 10.7 Å². The van der Waals surface area contributed by atoms with E-state index in [1.807, 2.05) is 74.4 Å². The second-order valence-electron chi connectivity index (χ2n) is 7.68. The molecule has 3 rings (SSSR count). The Morgan fingerprint density at radius 1 is 1.03 bits per heavy atom. The molecule has 3 aromatic carbocycles. The number of anilines is 1. The van der Waals surface area contributed by atoms with Crippen LogP contribution >= 0.6 is 15.9 Å². The number of benzene rings is 3. The van der Waals surface area contributed by atoms with Crippen LogP contribution in [0.15, 0.2) is 88.1 Å². The lowest BCUT2D eigenvalue weighted by atomic mass is 10.1. The van der Waals surface area contributed by atoms with Crippen LogP contribution in [-0.2, 0) is 4.79 Å². The lowest BCUT2D eigenvalue weighted by Gasteiger charge is -2.13. The highest BCUT2D eigenvalue weighted by atomic mass is 79.9. The van der Waals surface area contributed by atoms with Gasteiger partial charge >= 0.3 is 0 Å². The quantitative estimate of drug-likeness (QED) is 0.234. The SMILES string of the molecule is CCOc1ccc(Br)cc1/C=N\NC(=O)/C(=C/c1ccc(N(C)C)cc1)NC(=O)c1ccccc1. The molecule has 0 aromatic heterocycles. The first-order chi connectivity index (χ1) is 16.9. The van der Waals surface area contributed by atoms with Gasteiger partial charge < -0.3 is 15.0 Å². The summed E-state index contributed by atoms with van der Waals surface area (Å²) in [7, 11) is 3.90. The topological polar surface area (TPSA) is 83.0 Å². The van der Waals surface area contributed by atoms with E-state index in [9.17, 15) is 9.59 Å². The first-order valence-corrected chi connectivity index (χ1v) is 11.8. The number of halogens is 1. The minimum absolute atomic E-state index is 0.0629. The summed E-state index contributed by atoms with van der Waals surface area (Å²) in [5.74, 6) is -0.315. The van der Waals surface area contributed by atoms with Gasteiger partial charge in [-0.1, -0.05) is 46.3 Å². The molecule has 35 heavy (non-hydrogen) atoms. The predicted molar refractivity (Wildman–Crippen MR) is 144 cm³/mol. The van der Waals surface area contributed by atoms with E-state index in [0.29, 0.717) is 23.5 Å². The molecule has 2 amide bonds. The number of hydrogen-bond acceptors (Lipinski definition) is 5. The second kappa shape index (κ2) is 12.5. The average molecular weight is 535 g/mol. The highest BCUT2D eigenvalue weighted by molar-refractivity contribution is 9.10. The van der Waals surface area contributed by atoms with Crippen molar-refractivity contribution in [3.8, 4) is 5.75 Å². The molecule has 0 aliphatic carbocycles. The number of nitrogens with one attached hydrogen (secondary N) is 2. The Bertz CT molecular complexity index is 1220. The molecule has 0 unspecified atom stereocenters. The molecule has 0 radical (unpaired) electrons. The Kier molecular flexibility index (Phi) is 9.20. The van der Waals surface area contributed by atoms with Gasteiger partial charge in [-0.25, -0.2) is 5.43 Å². The zero-order valence-corrected chi connectivity index (χ0v) is 21.4. The summed E-state index contributed by atoms with van der Waals surface area (Å²) in [4.78, 5) is 27.7. The number of rotatable bonds is 9. The maximum Gasteiger partial charge on any atom is 0.287 e. The molecule has 180 valence electrons. The van der Waals surface area contributed by atoms with Crippen LogP contribution < -0.4 is 20.4 Å². The summed E-state index contributed by atoms with van der Waals surface area (Å²) in [5.41, 5.74) is 5.46. The van der Waals surface area contributed by atoms with Gasteiger partial charge in [-0.15, -0.1) is 0 Å². The molecular weight excluding hydrogens is 508 g/mol. The fourth-order valence-corrected chi connectivity index (χ4v) is 3.48. The van der Waals surface area contributed by atoms with Crippen molar-refractivity contribution >= 4 is 45.7 Å². The summed E-state index contributed by atoms with van der Waals surface area (Å²) >= 11 is 3.43. The highest BCUT2D eigenvalue weighted by Crippen LogP contribution is 2.21. The van der Waals surface area contributed by atoms with Crippen molar-refractivity contribution < 1.29 is 14.3 Å². The van der Waals surface area contributed by atoms with E-state index in [1.165, 1.54) is 6.21 Å². The lowest BCUT2D eigenvalue weighted by Crippen LogP contribution is -2.32. The molecule has 0 saturated carbocycles. The van der Waals surface area contributed by atoms with Gasteiger partial charge in [0.1, 0.15) is 11.4 Å². The molecule has 2 N–H and O–H groups in total. The van der Waals surface area contributed by atoms with Crippen LogP contribution in [0.25, 0.3) is 6.08 Å². The number of amides is 2. The van der Waals surface area contributed by atoms with E-state index < -0.39 is 11.8 Å². The van der Waals surface area contributed by atoms with Crippen molar-refractivity contribution in [2.75, 3.05) is 25.6 Å². The Morgan fingerprint density at radius 3 is 2.40 bits per heavy atom. The fourth-order valence-electron chi connectivity index (χ4n) is 3.11. The molecule has 7 nitrogen and oxygen atoms in total. The predicted octanol–water partition coefficient (Wildman–Crippen LogP) is 4.84. The summed E-state index contributed by atoms with van der Waals surface area (Å²) in [6.07, 6.45) is 3.10. The smallest absolute Gasteiger partial charge is 0.287 e. The van der Waals surface area contributed by atoms with Crippen molar-refractivity contribution in [3.05, 3.63) is 99.7 Å². The van der Waals surface area contributed by atoms with Gasteiger partial charge in [-0.05, 0) is 61.0 Å². The number of ether oxygens (including phenoxy) is 1. The van der Waals surface area contributed by atoms with E-state index in [0.717, 1.165) is 15.7 Å². The molecule has 0 aliphatic heterocycles. The Labute approximate surface area is 213 Å². The van der Waals surface area contributed by atoms with Crippen molar-refractivity contribution in [3.63, 3.8) is 0 Å². The van der Waals surface area contributed by atoms with Crippen LogP contribution in [0.3, 0.4) is 0 Å². The average Bonchev–Trinajstić information content (AvgIpc) is 2.86. The largest absolute Gasteiger partial charge is 0.493 e. The summed E-state index contributed by atoms with van der Waals surface area (Å²) in [5, 5.41) is 6.78. The molecule has 0 aliphatic rings. The molecule has 0 atom stereocenters. The second-order valence-corrected chi connectivity index (χ2v) is 8.59. The fraction of sp³-hybridized carbons (Fsp3) is 0.148. The third-order valence-corrected chi connectivity index (χ3v) is 5.38. The number of carbonyl (C=O) groups is 2. The maximum absolute atomic E-state index is 13.0. The monoisotopic (exact) mass is 534 g/mol. The van der Waals surface area contributed by atoms with Crippen molar-refractivity contribution in [2.45, 2.75) is 6.92 Å². The summed E-state index contributed by atoms with van der Waals surface area (Å²) in [6.45, 7) is 2.39. The standard InChI is InChI=1S/C27H27BrN4O3/c1-4-35-25-15-12-22(28)17-21(25)18-29-31-27(34)24(30-26(33)20-8-6-5-7-9-20)16-19-10-13-23(14-11-19)32(2)3/h5-18H,4H2,1-3H3,(H,30,33)(H,31,34)/b24-16-,29-18-. The summed E-state index contributed by atoms with van der Waals surface area (Å²) in [6, 6.07) is 21.8. The Hall–Kier alpha value is -3.91. The van der Waals surface area contributed by atoms with Gasteiger partial charge in [0.05, 0.1) is 12.8 Å². The first kappa shape index (κ1) is 25.7. The number of nitrogens with zero attached hydrogens (tertiary/aromatic N) is 2. The van der Waals surface area contributed by atoms with Gasteiger partial charge in [0.15, 0.2) is 0 Å². The van der Waals surface area contributed by atoms with E-state index in [1.54, 1.807) is 30.3 Å². The number of carbonyl (C=O) groups excluding carboxylic acids is 2. The third-order valence-electron chi connectivity index (χ3n) is 4.89. The number of hydrogen-bond donors (Lipinski definition) is 2. The van der Waals surface area contributed by atoms with E-state index in [-0.39, 0.29) is 5.70 Å². The van der Waals surface area contributed by atoms with Crippen molar-refractivity contribution in [2.24, 2.45) is 5.10 Å². The molecule has 3 aromatic rings. The first-order valence-electron chi connectivity index (χ1n) is 11.0. The number of hydrazone groups is 1. The Morgan fingerprint density at radius 2 is 1.74 bits per heavy atom. The van der Waals surface area contributed by atoms with Crippen LogP contribution in [0.5, 0.6) is 5.75 Å². The molecule has 0 saturated heterocycles. The van der Waals surface area contributed by atoms with Crippen LogP contribution in [0.2, 0.25) is 0 Å². The zero-order valence-electron chi connectivity index (χ0n) is 19.8. The molecule has 8 heteroatoms. The molecule has 0 bridgehead atoms. The van der Waals surface area contributed by atoms with Gasteiger partial charge in [-0.3, -0.25) is 9.59 Å². The summed E-state index contributed by atoms with van der Waals surface area (Å²) < 4.78 is 6.46. The minimum Gasteiger partial charge on any atom is -0.493 e. The molecular formula is C27H27BrN4O3. The van der Waals surface area contributed by atoms with Crippen LogP contribution in [0.1, 0.15) is 28.4 Å². The van der Waals surface area contributed by atoms with Crippen LogP contribution in [0, 0.1) is 0 Å². The third kappa shape index (κ3) is 7.55. The van der Waals surface area contributed by atoms with Crippen LogP contribution in [0.4, 0.5) is 5.69 Å². The van der Waals surface area contributed by atoms with Gasteiger partial charge in [0.25, 0.3) is 11.8 Å².